The molecule has 0 spiro atoms. The molecule has 0 aromatic carbocycles. The van der Waals surface area contributed by atoms with Crippen LogP contribution in [0.15, 0.2) is 18.3 Å². The number of hydrogen-bond acceptors (Lipinski definition) is 7. The molecule has 128 valence electrons. The van der Waals surface area contributed by atoms with E-state index in [9.17, 15) is 10.1 Å². The zero-order valence-electron chi connectivity index (χ0n) is 13.2. The third kappa shape index (κ3) is 3.30. The summed E-state index contributed by atoms with van der Waals surface area (Å²) in [6.07, 6.45) is 4.07. The fraction of sp³-hybridized carbons (Fsp3) is 0.467. The molecule has 1 fully saturated rings. The second kappa shape index (κ2) is 6.83. The van der Waals surface area contributed by atoms with Crippen molar-refractivity contribution in [1.82, 2.24) is 14.8 Å². The van der Waals surface area contributed by atoms with Crippen molar-refractivity contribution in [3.05, 3.63) is 34.1 Å². The lowest BCUT2D eigenvalue weighted by Crippen LogP contribution is -2.07. The summed E-state index contributed by atoms with van der Waals surface area (Å²) in [6, 6.07) is 3.46. The van der Waals surface area contributed by atoms with Crippen LogP contribution in [0.25, 0.3) is 5.69 Å². The van der Waals surface area contributed by atoms with Crippen LogP contribution >= 0.6 is 0 Å². The molecular formula is C15H18N4O5. The molecule has 1 aliphatic carbocycles. The molecule has 0 aliphatic heterocycles. The maximum Gasteiger partial charge on any atom is 0.353 e. The van der Waals surface area contributed by atoms with Gasteiger partial charge in [-0.3, -0.25) is 10.1 Å². The SMILES string of the molecule is Cc1c([N+](=O)[O-])c(OCCCO)nn1-c1cccnc1OC1CC1. The molecule has 3 rings (SSSR count). The van der Waals surface area contributed by atoms with Gasteiger partial charge in [0.15, 0.2) is 0 Å². The second-order valence-electron chi connectivity index (χ2n) is 5.48. The van der Waals surface area contributed by atoms with E-state index >= 15 is 0 Å². The molecule has 1 aliphatic rings. The Morgan fingerprint density at radius 1 is 1.46 bits per heavy atom. The number of aliphatic hydroxyl groups excluding tert-OH is 1. The Balaban J connectivity index is 1.98. The molecule has 0 amide bonds. The van der Waals surface area contributed by atoms with Gasteiger partial charge in [0, 0.05) is 19.2 Å². The molecule has 9 nitrogen and oxygen atoms in total. The molecule has 2 aromatic heterocycles. The Bertz CT molecular complexity index is 741. The first-order valence-corrected chi connectivity index (χ1v) is 7.71. The highest BCUT2D eigenvalue weighted by Crippen LogP contribution is 2.35. The van der Waals surface area contributed by atoms with Crippen molar-refractivity contribution in [1.29, 1.82) is 0 Å². The van der Waals surface area contributed by atoms with Crippen LogP contribution in [-0.2, 0) is 0 Å². The summed E-state index contributed by atoms with van der Waals surface area (Å²) in [5.74, 6) is 0.314. The molecule has 1 N–H and O–H groups in total. The molecule has 0 bridgehead atoms. The van der Waals surface area contributed by atoms with Crippen LogP contribution in [0.5, 0.6) is 11.8 Å². The van der Waals surface area contributed by atoms with E-state index in [2.05, 4.69) is 10.1 Å². The third-order valence-electron chi connectivity index (χ3n) is 3.56. The molecule has 0 unspecified atom stereocenters. The van der Waals surface area contributed by atoms with Crippen LogP contribution in [0.4, 0.5) is 5.69 Å². The zero-order chi connectivity index (χ0) is 17.1. The maximum atomic E-state index is 11.4. The van der Waals surface area contributed by atoms with E-state index in [1.165, 1.54) is 4.68 Å². The van der Waals surface area contributed by atoms with Gasteiger partial charge in [-0.2, -0.15) is 0 Å². The van der Waals surface area contributed by atoms with Gasteiger partial charge >= 0.3 is 11.6 Å². The molecule has 0 radical (unpaired) electrons. The van der Waals surface area contributed by atoms with Crippen molar-refractivity contribution in [2.45, 2.75) is 32.3 Å². The quantitative estimate of drug-likeness (QED) is 0.445. The first-order valence-electron chi connectivity index (χ1n) is 7.71. The number of pyridine rings is 1. The second-order valence-corrected chi connectivity index (χ2v) is 5.48. The van der Waals surface area contributed by atoms with E-state index in [1.807, 2.05) is 0 Å². The predicted molar refractivity (Wildman–Crippen MR) is 83.6 cm³/mol. The minimum Gasteiger partial charge on any atom is -0.473 e. The summed E-state index contributed by atoms with van der Waals surface area (Å²) in [4.78, 5) is 15.1. The Morgan fingerprint density at radius 3 is 2.92 bits per heavy atom. The lowest BCUT2D eigenvalue weighted by Gasteiger charge is -2.09. The van der Waals surface area contributed by atoms with Crippen molar-refractivity contribution < 1.29 is 19.5 Å². The minimum atomic E-state index is -0.523. The number of nitrogens with zero attached hydrogens (tertiary/aromatic N) is 4. The van der Waals surface area contributed by atoms with Gasteiger partial charge in [-0.15, -0.1) is 5.10 Å². The summed E-state index contributed by atoms with van der Waals surface area (Å²) in [7, 11) is 0. The lowest BCUT2D eigenvalue weighted by atomic mass is 10.3. The van der Waals surface area contributed by atoms with Crippen molar-refractivity contribution in [2.24, 2.45) is 0 Å². The number of hydrogen-bond donors (Lipinski definition) is 1. The third-order valence-corrected chi connectivity index (χ3v) is 3.56. The Hall–Kier alpha value is -2.68. The monoisotopic (exact) mass is 334 g/mol. The standard InChI is InChI=1S/C15H18N4O5/c1-10-13(19(21)22)15(23-9-3-8-20)17-18(10)12-4-2-7-16-14(12)24-11-5-6-11/h2,4,7,11,20H,3,5-6,8-9H2,1H3. The fourth-order valence-electron chi connectivity index (χ4n) is 2.22. The van der Waals surface area contributed by atoms with Gasteiger partial charge in [0.05, 0.1) is 11.5 Å². The molecule has 0 saturated heterocycles. The molecule has 24 heavy (non-hydrogen) atoms. The summed E-state index contributed by atoms with van der Waals surface area (Å²) < 4.78 is 12.5. The first kappa shape index (κ1) is 16.2. The topological polar surface area (TPSA) is 113 Å². The average molecular weight is 334 g/mol. The highest BCUT2D eigenvalue weighted by Gasteiger charge is 2.30. The Labute approximate surface area is 138 Å². The van der Waals surface area contributed by atoms with Gasteiger partial charge in [-0.25, -0.2) is 9.67 Å². The van der Waals surface area contributed by atoms with E-state index in [1.54, 1.807) is 25.3 Å². The van der Waals surface area contributed by atoms with E-state index in [0.717, 1.165) is 12.8 Å². The van der Waals surface area contributed by atoms with Crippen molar-refractivity contribution >= 4 is 5.69 Å². The van der Waals surface area contributed by atoms with Gasteiger partial charge in [-0.05, 0) is 31.9 Å². The van der Waals surface area contributed by atoms with Gasteiger partial charge in [0.2, 0.25) is 5.88 Å². The largest absolute Gasteiger partial charge is 0.473 e. The summed E-state index contributed by atoms with van der Waals surface area (Å²) in [5.41, 5.74) is 0.656. The van der Waals surface area contributed by atoms with Crippen molar-refractivity contribution in [3.8, 4) is 17.4 Å². The number of rotatable bonds is 8. The smallest absolute Gasteiger partial charge is 0.353 e. The summed E-state index contributed by atoms with van der Waals surface area (Å²) >= 11 is 0. The molecule has 1 saturated carbocycles. The first-order chi connectivity index (χ1) is 11.6. The Morgan fingerprint density at radius 2 is 2.25 bits per heavy atom. The lowest BCUT2D eigenvalue weighted by molar-refractivity contribution is -0.386. The van der Waals surface area contributed by atoms with Gasteiger partial charge in [-0.1, -0.05) is 0 Å². The predicted octanol–water partition coefficient (Wildman–Crippen LogP) is 1.79. The number of aliphatic hydroxyl groups is 1. The van der Waals surface area contributed by atoms with E-state index in [4.69, 9.17) is 14.6 Å². The van der Waals surface area contributed by atoms with E-state index in [0.29, 0.717) is 23.7 Å². The van der Waals surface area contributed by atoms with Gasteiger partial charge < -0.3 is 14.6 Å². The minimum absolute atomic E-state index is 0.0600. The number of ether oxygens (including phenoxy) is 2. The van der Waals surface area contributed by atoms with Crippen molar-refractivity contribution in [2.75, 3.05) is 13.2 Å². The van der Waals surface area contributed by atoms with Gasteiger partial charge in [0.1, 0.15) is 17.5 Å². The van der Waals surface area contributed by atoms with Gasteiger partial charge in [0.25, 0.3) is 0 Å². The van der Waals surface area contributed by atoms with E-state index < -0.39 is 4.92 Å². The molecule has 2 aromatic rings. The number of nitro groups is 1. The average Bonchev–Trinajstić information content (AvgIpc) is 3.30. The van der Waals surface area contributed by atoms with Crippen LogP contribution < -0.4 is 9.47 Å². The van der Waals surface area contributed by atoms with Crippen molar-refractivity contribution in [3.63, 3.8) is 0 Å². The fourth-order valence-corrected chi connectivity index (χ4v) is 2.22. The number of aromatic nitrogens is 3. The van der Waals surface area contributed by atoms with Crippen LogP contribution in [0.3, 0.4) is 0 Å². The van der Waals surface area contributed by atoms with Crippen LogP contribution in [0.1, 0.15) is 25.0 Å². The van der Waals surface area contributed by atoms with Crippen LogP contribution in [-0.4, -0.2) is 44.1 Å². The molecule has 2 heterocycles. The molecule has 0 atom stereocenters. The van der Waals surface area contributed by atoms with Crippen LogP contribution in [0, 0.1) is 17.0 Å². The Kier molecular flexibility index (Phi) is 4.61. The summed E-state index contributed by atoms with van der Waals surface area (Å²) in [6.45, 7) is 1.68. The highest BCUT2D eigenvalue weighted by molar-refractivity contribution is 5.52. The molecule has 9 heteroatoms. The van der Waals surface area contributed by atoms with Crippen LogP contribution in [0.2, 0.25) is 0 Å². The maximum absolute atomic E-state index is 11.4. The van der Waals surface area contributed by atoms with E-state index in [-0.39, 0.29) is 30.9 Å². The normalized spacial score (nSPS) is 13.8. The summed E-state index contributed by atoms with van der Waals surface area (Å²) in [5, 5.41) is 24.4. The molecular weight excluding hydrogens is 316 g/mol. The zero-order valence-corrected chi connectivity index (χ0v) is 13.2. The highest BCUT2D eigenvalue weighted by atomic mass is 16.6.